The van der Waals surface area contributed by atoms with E-state index in [0.717, 1.165) is 12.1 Å². The zero-order chi connectivity index (χ0) is 22.6. The Morgan fingerprint density at radius 3 is 2.30 bits per heavy atom. The van der Waals surface area contributed by atoms with Crippen LogP contribution in [0.3, 0.4) is 0 Å². The van der Waals surface area contributed by atoms with Crippen molar-refractivity contribution in [1.82, 2.24) is 4.90 Å². The molecule has 0 aliphatic carbocycles. The van der Waals surface area contributed by atoms with E-state index in [1.54, 1.807) is 32.0 Å². The molecule has 0 aliphatic rings. The summed E-state index contributed by atoms with van der Waals surface area (Å²) < 4.78 is 45.5. The fourth-order valence-corrected chi connectivity index (χ4v) is 3.52. The van der Waals surface area contributed by atoms with Crippen molar-refractivity contribution < 1.29 is 32.6 Å². The fourth-order valence-electron chi connectivity index (χ4n) is 3.52. The standard InChI is InChI=1S/C22H24F3NO4/c1-5-26(14(3)27)13(2)18-12-16(22(23,24)25)7-8-17(18)19-10-15(11-21(28)29)6-9-20(19)30-4/h6-10,12-13H,5,11H2,1-4H3,(H,28,29). The van der Waals surface area contributed by atoms with E-state index in [-0.39, 0.29) is 12.3 Å². The van der Waals surface area contributed by atoms with Gasteiger partial charge in [-0.2, -0.15) is 13.2 Å². The van der Waals surface area contributed by atoms with Gasteiger partial charge in [-0.05, 0) is 54.8 Å². The summed E-state index contributed by atoms with van der Waals surface area (Å²) in [6.07, 6.45) is -4.79. The molecule has 0 fully saturated rings. The van der Waals surface area contributed by atoms with Crippen LogP contribution in [-0.2, 0) is 22.2 Å². The molecule has 1 unspecified atom stereocenters. The predicted molar refractivity (Wildman–Crippen MR) is 106 cm³/mol. The van der Waals surface area contributed by atoms with Crippen LogP contribution in [0.2, 0.25) is 0 Å². The summed E-state index contributed by atoms with van der Waals surface area (Å²) in [4.78, 5) is 24.6. The lowest BCUT2D eigenvalue weighted by atomic mass is 9.91. The van der Waals surface area contributed by atoms with Gasteiger partial charge in [-0.15, -0.1) is 0 Å². The maximum absolute atomic E-state index is 13.4. The molecule has 0 aromatic heterocycles. The van der Waals surface area contributed by atoms with Crippen molar-refractivity contribution in [3.63, 3.8) is 0 Å². The lowest BCUT2D eigenvalue weighted by molar-refractivity contribution is -0.138. The van der Waals surface area contributed by atoms with Crippen molar-refractivity contribution in [2.45, 2.75) is 39.4 Å². The summed E-state index contributed by atoms with van der Waals surface area (Å²) in [5.41, 5.74) is 0.863. The third kappa shape index (κ3) is 5.11. The SMILES string of the molecule is CCN(C(C)=O)C(C)c1cc(C(F)(F)F)ccc1-c1cc(CC(=O)O)ccc1OC. The van der Waals surface area contributed by atoms with Crippen LogP contribution in [0.15, 0.2) is 36.4 Å². The molecule has 1 N–H and O–H groups in total. The second-order valence-electron chi connectivity index (χ2n) is 6.89. The van der Waals surface area contributed by atoms with Crippen molar-refractivity contribution >= 4 is 11.9 Å². The van der Waals surface area contributed by atoms with Crippen LogP contribution in [0, 0.1) is 0 Å². The van der Waals surface area contributed by atoms with E-state index in [1.807, 2.05) is 0 Å². The number of carboxylic acid groups (broad SMARTS) is 1. The molecule has 0 bridgehead atoms. The first-order valence-corrected chi connectivity index (χ1v) is 9.37. The number of carbonyl (C=O) groups excluding carboxylic acids is 1. The van der Waals surface area contributed by atoms with E-state index in [1.165, 1.54) is 25.0 Å². The Balaban J connectivity index is 2.76. The summed E-state index contributed by atoms with van der Waals surface area (Å²) in [6.45, 7) is 5.10. The highest BCUT2D eigenvalue weighted by Gasteiger charge is 2.32. The number of carboxylic acids is 1. The minimum atomic E-state index is -4.55. The van der Waals surface area contributed by atoms with Gasteiger partial charge in [0.2, 0.25) is 5.91 Å². The number of hydrogen-bond acceptors (Lipinski definition) is 3. The molecular formula is C22H24F3NO4. The molecule has 2 rings (SSSR count). The highest BCUT2D eigenvalue weighted by molar-refractivity contribution is 5.79. The van der Waals surface area contributed by atoms with Gasteiger partial charge in [0, 0.05) is 19.0 Å². The Morgan fingerprint density at radius 2 is 1.80 bits per heavy atom. The number of rotatable bonds is 7. The number of carbonyl (C=O) groups is 2. The molecule has 0 saturated carbocycles. The number of methoxy groups -OCH3 is 1. The topological polar surface area (TPSA) is 66.8 Å². The molecule has 1 atom stereocenters. The molecule has 0 radical (unpaired) electrons. The van der Waals surface area contributed by atoms with Crippen LogP contribution < -0.4 is 4.74 Å². The van der Waals surface area contributed by atoms with Gasteiger partial charge in [0.05, 0.1) is 25.1 Å². The highest BCUT2D eigenvalue weighted by atomic mass is 19.4. The number of hydrogen-bond donors (Lipinski definition) is 1. The molecule has 2 aromatic rings. The van der Waals surface area contributed by atoms with Gasteiger partial charge in [0.1, 0.15) is 5.75 Å². The highest BCUT2D eigenvalue weighted by Crippen LogP contribution is 2.40. The average molecular weight is 423 g/mol. The Morgan fingerprint density at radius 1 is 1.13 bits per heavy atom. The number of alkyl halides is 3. The summed E-state index contributed by atoms with van der Waals surface area (Å²) in [5.74, 6) is -0.899. The first-order chi connectivity index (χ1) is 14.0. The van der Waals surface area contributed by atoms with Crippen molar-refractivity contribution in [2.24, 2.45) is 0 Å². The lowest BCUT2D eigenvalue weighted by Gasteiger charge is -2.30. The second-order valence-corrected chi connectivity index (χ2v) is 6.89. The van der Waals surface area contributed by atoms with Gasteiger partial charge in [-0.3, -0.25) is 9.59 Å². The van der Waals surface area contributed by atoms with Gasteiger partial charge in [0.25, 0.3) is 0 Å². The van der Waals surface area contributed by atoms with Crippen LogP contribution in [0.5, 0.6) is 5.75 Å². The van der Waals surface area contributed by atoms with Crippen molar-refractivity contribution in [3.8, 4) is 16.9 Å². The Hall–Kier alpha value is -3.03. The molecule has 8 heteroatoms. The van der Waals surface area contributed by atoms with Crippen LogP contribution in [0.4, 0.5) is 13.2 Å². The molecule has 0 saturated heterocycles. The van der Waals surface area contributed by atoms with Crippen LogP contribution in [0.1, 0.15) is 43.5 Å². The number of aliphatic carboxylic acids is 1. The van der Waals surface area contributed by atoms with Crippen molar-refractivity contribution in [1.29, 1.82) is 0 Å². The normalized spacial score (nSPS) is 12.4. The number of amides is 1. The van der Waals surface area contributed by atoms with E-state index in [2.05, 4.69) is 0 Å². The zero-order valence-electron chi connectivity index (χ0n) is 17.2. The third-order valence-corrected chi connectivity index (χ3v) is 4.95. The van der Waals surface area contributed by atoms with Crippen molar-refractivity contribution in [3.05, 3.63) is 53.1 Å². The van der Waals surface area contributed by atoms with Crippen LogP contribution in [-0.4, -0.2) is 35.5 Å². The average Bonchev–Trinajstić information content (AvgIpc) is 2.66. The largest absolute Gasteiger partial charge is 0.496 e. The number of benzene rings is 2. The lowest BCUT2D eigenvalue weighted by Crippen LogP contribution is -2.31. The molecule has 1 amide bonds. The van der Waals surface area contributed by atoms with Crippen LogP contribution >= 0.6 is 0 Å². The smallest absolute Gasteiger partial charge is 0.416 e. The summed E-state index contributed by atoms with van der Waals surface area (Å²) in [7, 11) is 1.43. The Kier molecular flexibility index (Phi) is 7.12. The molecule has 0 heterocycles. The van der Waals surface area contributed by atoms with E-state index in [4.69, 9.17) is 9.84 Å². The van der Waals surface area contributed by atoms with E-state index < -0.39 is 23.8 Å². The fraction of sp³-hybridized carbons (Fsp3) is 0.364. The first kappa shape index (κ1) is 23.3. The van der Waals surface area contributed by atoms with Gasteiger partial charge in [-0.25, -0.2) is 0 Å². The zero-order valence-corrected chi connectivity index (χ0v) is 17.2. The van der Waals surface area contributed by atoms with E-state index in [0.29, 0.717) is 34.5 Å². The molecule has 5 nitrogen and oxygen atoms in total. The van der Waals surface area contributed by atoms with Crippen LogP contribution in [0.25, 0.3) is 11.1 Å². The Labute approximate surface area is 173 Å². The summed E-state index contributed by atoms with van der Waals surface area (Å²) in [5, 5.41) is 9.09. The first-order valence-electron chi connectivity index (χ1n) is 9.37. The van der Waals surface area contributed by atoms with Gasteiger partial charge >= 0.3 is 12.1 Å². The van der Waals surface area contributed by atoms with E-state index in [9.17, 15) is 22.8 Å². The third-order valence-electron chi connectivity index (χ3n) is 4.95. The monoisotopic (exact) mass is 423 g/mol. The second kappa shape index (κ2) is 9.19. The number of halogens is 3. The Bertz CT molecular complexity index is 940. The predicted octanol–water partition coefficient (Wildman–Crippen LogP) is 4.94. The molecule has 2 aromatic carbocycles. The molecule has 30 heavy (non-hydrogen) atoms. The number of ether oxygens (including phenoxy) is 1. The molecule has 0 spiro atoms. The minimum Gasteiger partial charge on any atom is -0.496 e. The number of nitrogens with zero attached hydrogens (tertiary/aromatic N) is 1. The quantitative estimate of drug-likeness (QED) is 0.685. The summed E-state index contributed by atoms with van der Waals surface area (Å²) >= 11 is 0. The molecular weight excluding hydrogens is 399 g/mol. The maximum atomic E-state index is 13.4. The minimum absolute atomic E-state index is 0.239. The van der Waals surface area contributed by atoms with E-state index >= 15 is 0 Å². The molecule has 0 aliphatic heterocycles. The van der Waals surface area contributed by atoms with Gasteiger partial charge in [0.15, 0.2) is 0 Å². The molecule has 162 valence electrons. The van der Waals surface area contributed by atoms with Gasteiger partial charge in [-0.1, -0.05) is 12.1 Å². The van der Waals surface area contributed by atoms with Gasteiger partial charge < -0.3 is 14.7 Å². The summed E-state index contributed by atoms with van der Waals surface area (Å²) in [6, 6.07) is 7.48. The van der Waals surface area contributed by atoms with Crippen molar-refractivity contribution in [2.75, 3.05) is 13.7 Å². The maximum Gasteiger partial charge on any atom is 0.416 e.